The lowest BCUT2D eigenvalue weighted by Gasteiger charge is -2.35. The summed E-state index contributed by atoms with van der Waals surface area (Å²) in [6.45, 7) is 4.39. The summed E-state index contributed by atoms with van der Waals surface area (Å²) in [7, 11) is 0. The first-order chi connectivity index (χ1) is 8.95. The van der Waals surface area contributed by atoms with Crippen LogP contribution in [0.2, 0.25) is 0 Å². The lowest BCUT2D eigenvalue weighted by Crippen LogP contribution is -2.32. The summed E-state index contributed by atoms with van der Waals surface area (Å²) in [5.41, 5.74) is 0.644. The van der Waals surface area contributed by atoms with Crippen molar-refractivity contribution >= 4 is 0 Å². The van der Waals surface area contributed by atoms with Gasteiger partial charge in [0, 0.05) is 6.07 Å². The molecule has 0 saturated heterocycles. The highest BCUT2D eigenvalue weighted by Crippen LogP contribution is 2.35. The topological polar surface area (TPSA) is 20.2 Å². The Morgan fingerprint density at radius 2 is 1.79 bits per heavy atom. The molecule has 3 atom stereocenters. The van der Waals surface area contributed by atoms with E-state index in [4.69, 9.17) is 0 Å². The van der Waals surface area contributed by atoms with Gasteiger partial charge in [-0.1, -0.05) is 13.8 Å². The van der Waals surface area contributed by atoms with Crippen LogP contribution in [0, 0.1) is 29.4 Å². The highest BCUT2D eigenvalue weighted by Gasteiger charge is 2.30. The first-order valence-corrected chi connectivity index (χ1v) is 7.08. The van der Waals surface area contributed by atoms with Crippen LogP contribution in [0.15, 0.2) is 18.2 Å². The minimum Gasteiger partial charge on any atom is -0.393 e. The molecule has 2 rings (SSSR count). The van der Waals surface area contributed by atoms with Crippen molar-refractivity contribution in [2.75, 3.05) is 0 Å². The molecule has 0 aliphatic heterocycles. The van der Waals surface area contributed by atoms with Crippen molar-refractivity contribution < 1.29 is 13.9 Å². The van der Waals surface area contributed by atoms with Crippen LogP contribution in [0.25, 0.3) is 0 Å². The second-order valence-corrected chi connectivity index (χ2v) is 6.13. The van der Waals surface area contributed by atoms with Crippen molar-refractivity contribution in [3.63, 3.8) is 0 Å². The second kappa shape index (κ2) is 6.00. The van der Waals surface area contributed by atoms with Gasteiger partial charge in [0.25, 0.3) is 0 Å². The summed E-state index contributed by atoms with van der Waals surface area (Å²) in [5, 5.41) is 10.1. The van der Waals surface area contributed by atoms with Gasteiger partial charge in [-0.25, -0.2) is 8.78 Å². The molecule has 0 heterocycles. The van der Waals surface area contributed by atoms with Gasteiger partial charge in [0.15, 0.2) is 0 Å². The average molecular weight is 268 g/mol. The molecule has 1 aromatic carbocycles. The Morgan fingerprint density at radius 3 is 2.37 bits per heavy atom. The standard InChI is InChI=1S/C16H22F2O/c1-10(2)12-3-4-16(19)13(8-12)5-11-6-14(17)9-15(18)7-11/h6-7,9-10,12-13,16,19H,3-5,8H2,1-2H3. The molecule has 106 valence electrons. The van der Waals surface area contributed by atoms with Gasteiger partial charge in [-0.15, -0.1) is 0 Å². The molecule has 19 heavy (non-hydrogen) atoms. The van der Waals surface area contributed by atoms with Crippen molar-refractivity contribution in [2.45, 2.75) is 45.6 Å². The van der Waals surface area contributed by atoms with Crippen molar-refractivity contribution in [1.82, 2.24) is 0 Å². The molecule has 0 bridgehead atoms. The molecule has 3 heteroatoms. The fraction of sp³-hybridized carbons (Fsp3) is 0.625. The summed E-state index contributed by atoms with van der Waals surface area (Å²) >= 11 is 0. The van der Waals surface area contributed by atoms with Crippen LogP contribution in [-0.2, 0) is 6.42 Å². The van der Waals surface area contributed by atoms with Gasteiger partial charge >= 0.3 is 0 Å². The Labute approximate surface area is 113 Å². The maximum absolute atomic E-state index is 13.2. The third-order valence-electron chi connectivity index (χ3n) is 4.35. The molecule has 1 nitrogen and oxygen atoms in total. The van der Waals surface area contributed by atoms with Crippen LogP contribution < -0.4 is 0 Å². The number of hydrogen-bond donors (Lipinski definition) is 1. The van der Waals surface area contributed by atoms with Crippen LogP contribution in [-0.4, -0.2) is 11.2 Å². The van der Waals surface area contributed by atoms with E-state index in [-0.39, 0.29) is 12.0 Å². The Morgan fingerprint density at radius 1 is 1.16 bits per heavy atom. The lowest BCUT2D eigenvalue weighted by atomic mass is 9.73. The SMILES string of the molecule is CC(C)C1CCC(O)C(Cc2cc(F)cc(F)c2)C1. The number of aliphatic hydroxyl groups is 1. The molecule has 3 unspecified atom stereocenters. The van der Waals surface area contributed by atoms with Gasteiger partial charge in [-0.3, -0.25) is 0 Å². The third kappa shape index (κ3) is 3.75. The zero-order valence-electron chi connectivity index (χ0n) is 11.6. The van der Waals surface area contributed by atoms with Crippen LogP contribution in [0.5, 0.6) is 0 Å². The fourth-order valence-corrected chi connectivity index (χ4v) is 3.14. The number of rotatable bonds is 3. The molecule has 0 amide bonds. The van der Waals surface area contributed by atoms with E-state index in [1.165, 1.54) is 12.1 Å². The molecular formula is C16H22F2O. The van der Waals surface area contributed by atoms with Crippen LogP contribution in [0.1, 0.15) is 38.7 Å². The highest BCUT2D eigenvalue weighted by atomic mass is 19.1. The number of hydrogen-bond acceptors (Lipinski definition) is 1. The number of aliphatic hydroxyl groups excluding tert-OH is 1. The summed E-state index contributed by atoms with van der Waals surface area (Å²) in [6.07, 6.45) is 3.00. The smallest absolute Gasteiger partial charge is 0.126 e. The monoisotopic (exact) mass is 268 g/mol. The molecule has 0 spiro atoms. The van der Waals surface area contributed by atoms with Gasteiger partial charge < -0.3 is 5.11 Å². The molecule has 1 fully saturated rings. The molecule has 0 aromatic heterocycles. The van der Waals surface area contributed by atoms with E-state index < -0.39 is 11.6 Å². The Kier molecular flexibility index (Phi) is 4.56. The summed E-state index contributed by atoms with van der Waals surface area (Å²) in [5.74, 6) is 0.231. The van der Waals surface area contributed by atoms with Crippen molar-refractivity contribution in [3.8, 4) is 0 Å². The quantitative estimate of drug-likeness (QED) is 0.880. The normalized spacial score (nSPS) is 27.8. The predicted molar refractivity (Wildman–Crippen MR) is 71.7 cm³/mol. The highest BCUT2D eigenvalue weighted by molar-refractivity contribution is 5.18. The van der Waals surface area contributed by atoms with E-state index in [9.17, 15) is 13.9 Å². The van der Waals surface area contributed by atoms with E-state index in [0.717, 1.165) is 25.3 Å². The first-order valence-electron chi connectivity index (χ1n) is 7.08. The summed E-state index contributed by atoms with van der Waals surface area (Å²) < 4.78 is 26.4. The Bertz CT molecular complexity index is 411. The molecular weight excluding hydrogens is 246 g/mol. The molecule has 1 N–H and O–H groups in total. The molecule has 1 aromatic rings. The first kappa shape index (κ1) is 14.4. The van der Waals surface area contributed by atoms with E-state index >= 15 is 0 Å². The van der Waals surface area contributed by atoms with Gasteiger partial charge in [0.05, 0.1) is 6.10 Å². The Balaban J connectivity index is 2.07. The zero-order chi connectivity index (χ0) is 14.0. The largest absolute Gasteiger partial charge is 0.393 e. The van der Waals surface area contributed by atoms with Gasteiger partial charge in [0.2, 0.25) is 0 Å². The number of halogens is 2. The maximum atomic E-state index is 13.2. The van der Waals surface area contributed by atoms with Crippen LogP contribution in [0.3, 0.4) is 0 Å². The lowest BCUT2D eigenvalue weighted by molar-refractivity contribution is 0.0378. The van der Waals surface area contributed by atoms with Crippen LogP contribution >= 0.6 is 0 Å². The summed E-state index contributed by atoms with van der Waals surface area (Å²) in [6, 6.07) is 3.63. The molecule has 1 saturated carbocycles. The Hall–Kier alpha value is -0.960. The number of benzene rings is 1. The second-order valence-electron chi connectivity index (χ2n) is 6.13. The van der Waals surface area contributed by atoms with E-state index in [1.807, 2.05) is 0 Å². The minimum absolute atomic E-state index is 0.113. The minimum atomic E-state index is -0.541. The third-order valence-corrected chi connectivity index (χ3v) is 4.35. The molecule has 0 radical (unpaired) electrons. The summed E-state index contributed by atoms with van der Waals surface area (Å²) in [4.78, 5) is 0. The van der Waals surface area contributed by atoms with Gasteiger partial charge in [-0.2, -0.15) is 0 Å². The van der Waals surface area contributed by atoms with Crippen LogP contribution in [0.4, 0.5) is 8.78 Å². The fourth-order valence-electron chi connectivity index (χ4n) is 3.14. The van der Waals surface area contributed by atoms with E-state index in [2.05, 4.69) is 13.8 Å². The average Bonchev–Trinajstić information content (AvgIpc) is 2.30. The van der Waals surface area contributed by atoms with Crippen molar-refractivity contribution in [3.05, 3.63) is 35.4 Å². The van der Waals surface area contributed by atoms with Gasteiger partial charge in [0.1, 0.15) is 11.6 Å². The molecule has 1 aliphatic carbocycles. The maximum Gasteiger partial charge on any atom is 0.126 e. The van der Waals surface area contributed by atoms with Gasteiger partial charge in [-0.05, 0) is 61.1 Å². The van der Waals surface area contributed by atoms with Crippen molar-refractivity contribution in [2.24, 2.45) is 17.8 Å². The zero-order valence-corrected chi connectivity index (χ0v) is 11.6. The van der Waals surface area contributed by atoms with E-state index in [1.54, 1.807) is 0 Å². The van der Waals surface area contributed by atoms with Crippen molar-refractivity contribution in [1.29, 1.82) is 0 Å². The molecule has 1 aliphatic rings. The van der Waals surface area contributed by atoms with E-state index in [0.29, 0.717) is 23.8 Å². The predicted octanol–water partition coefficient (Wildman–Crippen LogP) is 3.94.